The van der Waals surface area contributed by atoms with Crippen molar-refractivity contribution in [3.05, 3.63) is 77.2 Å². The van der Waals surface area contributed by atoms with Crippen LogP contribution >= 0.6 is 12.4 Å². The standard InChI is InChI=1S/C30H31F2N5O3.ClH/c1-17(24-14-23(33)9-6-19(24)5-4-18-2-3-18)35-30(40)27-13-22(32)16-37(27)28(38)15-34-29(39)26-10-7-20-12-21(31)8-11-25(20)36-26;/h4-12,14,17-18,22,27H,2-3,13,15-16,33H2,1H3,(H,34,39)(H,35,40);1H/b5-4+;/t17-,22+,27-;/m0./s1. The van der Waals surface area contributed by atoms with Gasteiger partial charge in [-0.3, -0.25) is 14.4 Å². The molecular formula is C30H32ClF2N5O3. The summed E-state index contributed by atoms with van der Waals surface area (Å²) in [6, 6.07) is 11.1. The van der Waals surface area contributed by atoms with Crippen molar-refractivity contribution in [2.45, 2.75) is 44.4 Å². The number of rotatable bonds is 8. The summed E-state index contributed by atoms with van der Waals surface area (Å²) in [5.74, 6) is -1.51. The molecule has 216 valence electrons. The maximum absolute atomic E-state index is 14.4. The number of aromatic nitrogens is 1. The van der Waals surface area contributed by atoms with Gasteiger partial charge < -0.3 is 21.3 Å². The number of pyridine rings is 1. The van der Waals surface area contributed by atoms with E-state index >= 15 is 0 Å². The lowest BCUT2D eigenvalue weighted by Gasteiger charge is -2.26. The van der Waals surface area contributed by atoms with E-state index in [1.54, 1.807) is 18.2 Å². The highest BCUT2D eigenvalue weighted by atomic mass is 35.5. The number of hydrogen-bond donors (Lipinski definition) is 3. The molecule has 1 saturated heterocycles. The first kappa shape index (κ1) is 29.9. The van der Waals surface area contributed by atoms with Crippen LogP contribution in [0, 0.1) is 11.7 Å². The molecule has 2 heterocycles. The quantitative estimate of drug-likeness (QED) is 0.341. The molecule has 2 aromatic carbocycles. The molecule has 0 spiro atoms. The van der Waals surface area contributed by atoms with E-state index in [1.807, 2.05) is 19.1 Å². The molecule has 41 heavy (non-hydrogen) atoms. The van der Waals surface area contributed by atoms with Crippen molar-refractivity contribution in [2.24, 2.45) is 5.92 Å². The summed E-state index contributed by atoms with van der Waals surface area (Å²) in [5, 5.41) is 5.94. The van der Waals surface area contributed by atoms with E-state index in [1.165, 1.54) is 37.1 Å². The molecule has 0 radical (unpaired) electrons. The minimum Gasteiger partial charge on any atom is -0.399 e. The molecule has 5 rings (SSSR count). The lowest BCUT2D eigenvalue weighted by molar-refractivity contribution is -0.138. The van der Waals surface area contributed by atoms with Gasteiger partial charge in [0.2, 0.25) is 11.8 Å². The van der Waals surface area contributed by atoms with Crippen molar-refractivity contribution in [3.8, 4) is 0 Å². The van der Waals surface area contributed by atoms with Crippen LogP contribution in [0.2, 0.25) is 0 Å². The summed E-state index contributed by atoms with van der Waals surface area (Å²) < 4.78 is 27.8. The molecule has 0 unspecified atom stereocenters. The Bertz CT molecular complexity index is 1500. The van der Waals surface area contributed by atoms with Gasteiger partial charge in [0.25, 0.3) is 5.91 Å². The van der Waals surface area contributed by atoms with Crippen LogP contribution in [-0.2, 0) is 9.59 Å². The molecule has 1 aromatic heterocycles. The number of amides is 3. The van der Waals surface area contributed by atoms with E-state index < -0.39 is 48.3 Å². The smallest absolute Gasteiger partial charge is 0.270 e. The number of carbonyl (C=O) groups excluding carboxylic acids is 3. The number of nitrogen functional groups attached to an aromatic ring is 1. The van der Waals surface area contributed by atoms with Gasteiger partial charge in [0.1, 0.15) is 23.7 Å². The number of likely N-dealkylation sites (tertiary alicyclic amines) is 1. The Morgan fingerprint density at radius 3 is 2.68 bits per heavy atom. The average Bonchev–Trinajstić information content (AvgIpc) is 3.68. The molecule has 3 amide bonds. The summed E-state index contributed by atoms with van der Waals surface area (Å²) in [6.45, 7) is 1.15. The van der Waals surface area contributed by atoms with Crippen LogP contribution in [0.15, 0.2) is 54.6 Å². The number of anilines is 1. The zero-order chi connectivity index (χ0) is 28.4. The second-order valence-electron chi connectivity index (χ2n) is 10.4. The minimum atomic E-state index is -1.36. The number of allylic oxidation sites excluding steroid dienone is 1. The largest absolute Gasteiger partial charge is 0.399 e. The monoisotopic (exact) mass is 583 g/mol. The van der Waals surface area contributed by atoms with E-state index in [0.717, 1.165) is 16.0 Å². The number of nitrogens with two attached hydrogens (primary N) is 1. The Hall–Kier alpha value is -4.05. The Balaban J connectivity index is 0.00000387. The normalized spacial score (nSPS) is 19.1. The maximum atomic E-state index is 14.4. The van der Waals surface area contributed by atoms with Crippen molar-refractivity contribution in [3.63, 3.8) is 0 Å². The number of halogens is 3. The molecule has 8 nitrogen and oxygen atoms in total. The van der Waals surface area contributed by atoms with E-state index in [-0.39, 0.29) is 31.1 Å². The first-order valence-corrected chi connectivity index (χ1v) is 13.3. The van der Waals surface area contributed by atoms with Crippen LogP contribution in [0.4, 0.5) is 14.5 Å². The number of alkyl halides is 1. The van der Waals surface area contributed by atoms with Gasteiger partial charge in [-0.15, -0.1) is 12.4 Å². The second kappa shape index (κ2) is 12.6. The van der Waals surface area contributed by atoms with Gasteiger partial charge in [-0.05, 0) is 73.2 Å². The van der Waals surface area contributed by atoms with E-state index in [9.17, 15) is 23.2 Å². The van der Waals surface area contributed by atoms with Gasteiger partial charge in [0.05, 0.1) is 24.6 Å². The topological polar surface area (TPSA) is 117 Å². The van der Waals surface area contributed by atoms with E-state index in [2.05, 4.69) is 21.7 Å². The zero-order valence-electron chi connectivity index (χ0n) is 22.5. The molecule has 3 aromatic rings. The Kier molecular flexibility index (Phi) is 9.22. The summed E-state index contributed by atoms with van der Waals surface area (Å²) in [5.41, 5.74) is 8.81. The summed E-state index contributed by atoms with van der Waals surface area (Å²) in [6.07, 6.45) is 5.02. The minimum absolute atomic E-state index is 0. The van der Waals surface area contributed by atoms with Crippen LogP contribution in [0.1, 0.15) is 53.8 Å². The van der Waals surface area contributed by atoms with Gasteiger partial charge in [-0.1, -0.05) is 24.3 Å². The van der Waals surface area contributed by atoms with Crippen molar-refractivity contribution in [1.29, 1.82) is 0 Å². The van der Waals surface area contributed by atoms with Crippen molar-refractivity contribution in [1.82, 2.24) is 20.5 Å². The first-order valence-electron chi connectivity index (χ1n) is 13.3. The molecule has 1 saturated carbocycles. The van der Waals surface area contributed by atoms with Crippen LogP contribution in [0.3, 0.4) is 0 Å². The number of hydrogen-bond acceptors (Lipinski definition) is 5. The molecule has 11 heteroatoms. The Labute approximate surface area is 242 Å². The van der Waals surface area contributed by atoms with Gasteiger partial charge in [0.15, 0.2) is 0 Å². The molecule has 2 fully saturated rings. The van der Waals surface area contributed by atoms with Crippen LogP contribution in [-0.4, -0.2) is 52.9 Å². The summed E-state index contributed by atoms with van der Waals surface area (Å²) >= 11 is 0. The van der Waals surface area contributed by atoms with Crippen LogP contribution < -0.4 is 16.4 Å². The van der Waals surface area contributed by atoms with Gasteiger partial charge in [0, 0.05) is 17.5 Å². The average molecular weight is 584 g/mol. The predicted molar refractivity (Wildman–Crippen MR) is 155 cm³/mol. The fourth-order valence-electron chi connectivity index (χ4n) is 4.92. The SMILES string of the molecule is C[C@H](NC(=O)[C@@H]1C[C@@H](F)CN1C(=O)CNC(=O)c1ccc2cc(F)ccc2n1)c1cc(N)ccc1/C=C/C1CC1.Cl. The number of fused-ring (bicyclic) bond motifs is 1. The molecule has 1 aliphatic carbocycles. The van der Waals surface area contributed by atoms with Gasteiger partial charge in [-0.2, -0.15) is 0 Å². The highest BCUT2D eigenvalue weighted by molar-refractivity contribution is 5.97. The third kappa shape index (κ3) is 7.18. The van der Waals surface area contributed by atoms with E-state index in [0.29, 0.717) is 22.5 Å². The molecule has 0 bridgehead atoms. The fraction of sp³-hybridized carbons (Fsp3) is 0.333. The molecule has 3 atom stereocenters. The number of nitrogens with zero attached hydrogens (tertiary/aromatic N) is 2. The zero-order valence-corrected chi connectivity index (χ0v) is 23.3. The fourth-order valence-corrected chi connectivity index (χ4v) is 4.92. The van der Waals surface area contributed by atoms with Crippen molar-refractivity contribution >= 4 is 52.8 Å². The van der Waals surface area contributed by atoms with Crippen LogP contribution in [0.25, 0.3) is 17.0 Å². The maximum Gasteiger partial charge on any atom is 0.270 e. The molecule has 1 aliphatic heterocycles. The predicted octanol–water partition coefficient (Wildman–Crippen LogP) is 4.35. The van der Waals surface area contributed by atoms with Gasteiger partial charge in [-0.25, -0.2) is 13.8 Å². The molecule has 2 aliphatic rings. The van der Waals surface area contributed by atoms with Crippen molar-refractivity contribution in [2.75, 3.05) is 18.8 Å². The summed E-state index contributed by atoms with van der Waals surface area (Å²) in [7, 11) is 0. The second-order valence-corrected chi connectivity index (χ2v) is 10.4. The number of nitrogens with one attached hydrogen (secondary N) is 2. The Morgan fingerprint density at radius 1 is 1.15 bits per heavy atom. The third-order valence-corrected chi connectivity index (χ3v) is 7.26. The Morgan fingerprint density at radius 2 is 1.93 bits per heavy atom. The summed E-state index contributed by atoms with van der Waals surface area (Å²) in [4.78, 5) is 44.2. The number of benzene rings is 2. The van der Waals surface area contributed by atoms with Crippen LogP contribution in [0.5, 0.6) is 0 Å². The highest BCUT2D eigenvalue weighted by Gasteiger charge is 2.40. The van der Waals surface area contributed by atoms with E-state index in [4.69, 9.17) is 5.73 Å². The number of carbonyl (C=O) groups is 3. The lowest BCUT2D eigenvalue weighted by atomic mass is 9.99. The third-order valence-electron chi connectivity index (χ3n) is 7.26. The van der Waals surface area contributed by atoms with Crippen molar-refractivity contribution < 1.29 is 23.2 Å². The van der Waals surface area contributed by atoms with Gasteiger partial charge >= 0.3 is 0 Å². The highest BCUT2D eigenvalue weighted by Crippen LogP contribution is 2.32. The molecular weight excluding hydrogens is 552 g/mol. The molecule has 4 N–H and O–H groups in total. The first-order chi connectivity index (χ1) is 19.2. The lowest BCUT2D eigenvalue weighted by Crippen LogP contribution is -2.49.